The van der Waals surface area contributed by atoms with Crippen LogP contribution in [0.15, 0.2) is 40.9 Å². The molecule has 1 N–H and O–H groups in total. The molecule has 6 nitrogen and oxygen atoms in total. The first-order valence-corrected chi connectivity index (χ1v) is 9.02. The molecule has 0 spiro atoms. The van der Waals surface area contributed by atoms with Gasteiger partial charge in [-0.25, -0.2) is 0 Å². The number of aromatic nitrogens is 1. The third-order valence-corrected chi connectivity index (χ3v) is 4.81. The summed E-state index contributed by atoms with van der Waals surface area (Å²) in [6.07, 6.45) is 1.74. The van der Waals surface area contributed by atoms with Crippen molar-refractivity contribution in [3.63, 3.8) is 0 Å². The molecule has 26 heavy (non-hydrogen) atoms. The molecule has 0 aliphatic carbocycles. The Morgan fingerprint density at radius 2 is 2.04 bits per heavy atom. The number of nitrogens with one attached hydrogen (secondary N) is 1. The van der Waals surface area contributed by atoms with Gasteiger partial charge in [0.15, 0.2) is 0 Å². The lowest BCUT2D eigenvalue weighted by molar-refractivity contribution is -0.144. The molecule has 2 aromatic rings. The molecule has 0 bridgehead atoms. The van der Waals surface area contributed by atoms with Crippen molar-refractivity contribution in [2.24, 2.45) is 0 Å². The number of benzene rings is 1. The number of carbonyl (C=O) groups is 2. The molecule has 1 aliphatic heterocycles. The largest absolute Gasteiger partial charge is 0.361 e. The maximum atomic E-state index is 13.0. The molecular weight excluding hydrogens is 330 g/mol. The fraction of sp³-hybridized carbons (Fsp3) is 0.450. The van der Waals surface area contributed by atoms with Gasteiger partial charge in [-0.15, -0.1) is 0 Å². The third-order valence-electron chi connectivity index (χ3n) is 4.81. The van der Waals surface area contributed by atoms with Crippen LogP contribution < -0.4 is 5.32 Å². The standard InChI is InChI=1S/C20H25N3O3/c1-14(2)21-19(25)20(10-7-11-23(20)15(3)24)13-17-12-18(22-26-17)16-8-5-4-6-9-16/h4-6,8-9,12,14H,7,10-11,13H2,1-3H3,(H,21,25). The Morgan fingerprint density at radius 3 is 2.69 bits per heavy atom. The molecule has 2 amide bonds. The van der Waals surface area contributed by atoms with Crippen molar-refractivity contribution in [1.29, 1.82) is 0 Å². The lowest BCUT2D eigenvalue weighted by atomic mass is 9.88. The van der Waals surface area contributed by atoms with Crippen molar-refractivity contribution in [1.82, 2.24) is 15.4 Å². The number of rotatable bonds is 5. The summed E-state index contributed by atoms with van der Waals surface area (Å²) in [6.45, 7) is 5.93. The minimum Gasteiger partial charge on any atom is -0.361 e. The van der Waals surface area contributed by atoms with Crippen molar-refractivity contribution in [3.05, 3.63) is 42.2 Å². The van der Waals surface area contributed by atoms with E-state index in [0.717, 1.165) is 17.7 Å². The highest BCUT2D eigenvalue weighted by Gasteiger charge is 2.49. The second kappa shape index (κ2) is 7.32. The monoisotopic (exact) mass is 355 g/mol. The second-order valence-corrected chi connectivity index (χ2v) is 7.16. The Bertz CT molecular complexity index is 785. The van der Waals surface area contributed by atoms with Gasteiger partial charge < -0.3 is 14.7 Å². The molecule has 1 aromatic heterocycles. The predicted molar refractivity (Wildman–Crippen MR) is 98.3 cm³/mol. The van der Waals surface area contributed by atoms with E-state index in [2.05, 4.69) is 10.5 Å². The van der Waals surface area contributed by atoms with Gasteiger partial charge >= 0.3 is 0 Å². The van der Waals surface area contributed by atoms with Crippen LogP contribution in [-0.2, 0) is 16.0 Å². The fourth-order valence-corrected chi connectivity index (χ4v) is 3.66. The smallest absolute Gasteiger partial charge is 0.246 e. The molecular formula is C20H25N3O3. The number of hydrogen-bond acceptors (Lipinski definition) is 4. The van der Waals surface area contributed by atoms with Crippen molar-refractivity contribution < 1.29 is 14.1 Å². The lowest BCUT2D eigenvalue weighted by Gasteiger charge is -2.36. The minimum atomic E-state index is -0.913. The highest BCUT2D eigenvalue weighted by atomic mass is 16.5. The summed E-state index contributed by atoms with van der Waals surface area (Å²) in [7, 11) is 0. The van der Waals surface area contributed by atoms with Gasteiger partial charge in [-0.1, -0.05) is 35.5 Å². The Balaban J connectivity index is 1.90. The highest BCUT2D eigenvalue weighted by Crippen LogP contribution is 2.34. The first-order chi connectivity index (χ1) is 12.4. The van der Waals surface area contributed by atoms with Crippen LogP contribution in [0, 0.1) is 0 Å². The van der Waals surface area contributed by atoms with E-state index >= 15 is 0 Å². The summed E-state index contributed by atoms with van der Waals surface area (Å²) in [4.78, 5) is 26.9. The summed E-state index contributed by atoms with van der Waals surface area (Å²) < 4.78 is 5.52. The molecule has 3 rings (SSSR count). The molecule has 1 fully saturated rings. The third kappa shape index (κ3) is 3.49. The quantitative estimate of drug-likeness (QED) is 0.895. The van der Waals surface area contributed by atoms with E-state index in [0.29, 0.717) is 25.1 Å². The van der Waals surface area contributed by atoms with Gasteiger partial charge in [-0.2, -0.15) is 0 Å². The first-order valence-electron chi connectivity index (χ1n) is 9.02. The number of carbonyl (C=O) groups excluding carboxylic acids is 2. The Hall–Kier alpha value is -2.63. The van der Waals surface area contributed by atoms with E-state index in [4.69, 9.17) is 4.52 Å². The summed E-state index contributed by atoms with van der Waals surface area (Å²) in [5.41, 5.74) is 0.772. The number of likely N-dealkylation sites (tertiary alicyclic amines) is 1. The molecule has 1 saturated heterocycles. The summed E-state index contributed by atoms with van der Waals surface area (Å²) in [5, 5.41) is 7.11. The van der Waals surface area contributed by atoms with Gasteiger partial charge in [0.05, 0.1) is 0 Å². The average Bonchev–Trinajstić information content (AvgIpc) is 3.23. The molecule has 1 aliphatic rings. The van der Waals surface area contributed by atoms with Gasteiger partial charge in [0.1, 0.15) is 17.0 Å². The molecule has 1 aromatic carbocycles. The van der Waals surface area contributed by atoms with Gasteiger partial charge in [-0.05, 0) is 26.7 Å². The Kier molecular flexibility index (Phi) is 5.11. The molecule has 138 valence electrons. The molecule has 0 saturated carbocycles. The summed E-state index contributed by atoms with van der Waals surface area (Å²) >= 11 is 0. The zero-order valence-corrected chi connectivity index (χ0v) is 15.5. The zero-order valence-electron chi connectivity index (χ0n) is 15.5. The summed E-state index contributed by atoms with van der Waals surface area (Å²) in [5.74, 6) is 0.387. The van der Waals surface area contributed by atoms with E-state index < -0.39 is 5.54 Å². The van der Waals surface area contributed by atoms with Crippen LogP contribution in [0.3, 0.4) is 0 Å². The molecule has 6 heteroatoms. The van der Waals surface area contributed by atoms with Gasteiger partial charge in [0, 0.05) is 37.6 Å². The van der Waals surface area contributed by atoms with Crippen molar-refractivity contribution >= 4 is 11.8 Å². The second-order valence-electron chi connectivity index (χ2n) is 7.16. The number of hydrogen-bond donors (Lipinski definition) is 1. The maximum absolute atomic E-state index is 13.0. The van der Waals surface area contributed by atoms with Crippen molar-refractivity contribution in [3.8, 4) is 11.3 Å². The van der Waals surface area contributed by atoms with E-state index in [9.17, 15) is 9.59 Å². The average molecular weight is 355 g/mol. The number of amides is 2. The SMILES string of the molecule is CC(=O)N1CCCC1(Cc1cc(-c2ccccc2)no1)C(=O)NC(C)C. The normalized spacial score (nSPS) is 19.8. The summed E-state index contributed by atoms with van der Waals surface area (Å²) in [6, 6.07) is 11.6. The fourth-order valence-electron chi connectivity index (χ4n) is 3.66. The van der Waals surface area contributed by atoms with Crippen LogP contribution in [-0.4, -0.2) is 40.0 Å². The number of nitrogens with zero attached hydrogens (tertiary/aromatic N) is 2. The van der Waals surface area contributed by atoms with E-state index in [1.54, 1.807) is 4.90 Å². The maximum Gasteiger partial charge on any atom is 0.246 e. The zero-order chi connectivity index (χ0) is 18.7. The van der Waals surface area contributed by atoms with Gasteiger partial charge in [0.25, 0.3) is 0 Å². The van der Waals surface area contributed by atoms with E-state index in [1.165, 1.54) is 6.92 Å². The van der Waals surface area contributed by atoms with Crippen LogP contribution >= 0.6 is 0 Å². The predicted octanol–water partition coefficient (Wildman–Crippen LogP) is 2.79. The van der Waals surface area contributed by atoms with Crippen LogP contribution in [0.4, 0.5) is 0 Å². The van der Waals surface area contributed by atoms with Crippen molar-refractivity contribution in [2.45, 2.75) is 51.6 Å². The lowest BCUT2D eigenvalue weighted by Crippen LogP contribution is -2.59. The molecule has 0 radical (unpaired) electrons. The van der Waals surface area contributed by atoms with Crippen LogP contribution in [0.25, 0.3) is 11.3 Å². The minimum absolute atomic E-state index is 0.00314. The molecule has 1 atom stereocenters. The highest BCUT2D eigenvalue weighted by molar-refractivity contribution is 5.92. The van der Waals surface area contributed by atoms with Crippen molar-refractivity contribution in [2.75, 3.05) is 6.54 Å². The van der Waals surface area contributed by atoms with Crippen LogP contribution in [0.5, 0.6) is 0 Å². The van der Waals surface area contributed by atoms with Gasteiger partial charge in [-0.3, -0.25) is 9.59 Å². The topological polar surface area (TPSA) is 75.4 Å². The molecule has 1 unspecified atom stereocenters. The van der Waals surface area contributed by atoms with E-state index in [-0.39, 0.29) is 17.9 Å². The Morgan fingerprint density at radius 1 is 1.31 bits per heavy atom. The molecule has 2 heterocycles. The Labute approximate surface area is 153 Å². The first kappa shape index (κ1) is 18.2. The van der Waals surface area contributed by atoms with Crippen LogP contribution in [0.2, 0.25) is 0 Å². The van der Waals surface area contributed by atoms with E-state index in [1.807, 2.05) is 50.2 Å². The van der Waals surface area contributed by atoms with Gasteiger partial charge in [0.2, 0.25) is 11.8 Å². The van der Waals surface area contributed by atoms with Crippen LogP contribution in [0.1, 0.15) is 39.4 Å².